The number of nitrogens with zero attached hydrogens (tertiary/aromatic N) is 1. The van der Waals surface area contributed by atoms with Crippen molar-refractivity contribution in [2.75, 3.05) is 13.1 Å². The second kappa shape index (κ2) is 5.85. The van der Waals surface area contributed by atoms with Gasteiger partial charge in [0.25, 0.3) is 0 Å². The van der Waals surface area contributed by atoms with E-state index in [1.807, 2.05) is 6.07 Å². The average Bonchev–Trinajstić information content (AvgIpc) is 2.87. The standard InChI is InChI=1S/C18H15F2NO4S/c19-12-9-13(20)11-14(10-12)26(23,24)21-7-5-18(6-8-21)16-4-2-1-3-15(16)17(22)25-18/h1-4,9-11H,5-8H2. The van der Waals surface area contributed by atoms with Crippen LogP contribution in [0, 0.1) is 11.6 Å². The molecule has 0 N–H and O–H groups in total. The highest BCUT2D eigenvalue weighted by Crippen LogP contribution is 2.44. The first-order valence-corrected chi connectivity index (χ1v) is 9.55. The summed E-state index contributed by atoms with van der Waals surface area (Å²) in [4.78, 5) is 11.7. The largest absolute Gasteiger partial charge is 0.450 e. The van der Waals surface area contributed by atoms with E-state index in [1.165, 1.54) is 4.31 Å². The van der Waals surface area contributed by atoms with Crippen LogP contribution in [0.4, 0.5) is 8.78 Å². The summed E-state index contributed by atoms with van der Waals surface area (Å²) >= 11 is 0. The van der Waals surface area contributed by atoms with Crippen molar-refractivity contribution in [1.82, 2.24) is 4.31 Å². The number of fused-ring (bicyclic) bond motifs is 2. The summed E-state index contributed by atoms with van der Waals surface area (Å²) in [6, 6.07) is 9.27. The smallest absolute Gasteiger partial charge is 0.339 e. The van der Waals surface area contributed by atoms with Gasteiger partial charge in [0.1, 0.15) is 17.2 Å². The third-order valence-electron chi connectivity index (χ3n) is 4.93. The van der Waals surface area contributed by atoms with Crippen molar-refractivity contribution < 1.29 is 26.7 Å². The highest BCUT2D eigenvalue weighted by atomic mass is 32.2. The second-order valence-corrected chi connectivity index (χ2v) is 8.38. The number of benzene rings is 2. The van der Waals surface area contributed by atoms with Crippen molar-refractivity contribution in [3.63, 3.8) is 0 Å². The highest BCUT2D eigenvalue weighted by molar-refractivity contribution is 7.89. The van der Waals surface area contributed by atoms with E-state index in [1.54, 1.807) is 18.2 Å². The minimum absolute atomic E-state index is 0.0854. The summed E-state index contributed by atoms with van der Waals surface area (Å²) in [6.07, 6.45) is 0.569. The van der Waals surface area contributed by atoms with Crippen LogP contribution in [0.25, 0.3) is 0 Å². The van der Waals surface area contributed by atoms with E-state index in [0.717, 1.165) is 17.7 Å². The van der Waals surface area contributed by atoms with Gasteiger partial charge in [-0.2, -0.15) is 4.31 Å². The van der Waals surface area contributed by atoms with Gasteiger partial charge in [0.05, 0.1) is 10.5 Å². The third-order valence-corrected chi connectivity index (χ3v) is 6.81. The van der Waals surface area contributed by atoms with E-state index in [4.69, 9.17) is 4.74 Å². The topological polar surface area (TPSA) is 63.7 Å². The number of rotatable bonds is 2. The maximum absolute atomic E-state index is 13.4. The van der Waals surface area contributed by atoms with Crippen molar-refractivity contribution in [3.8, 4) is 0 Å². The van der Waals surface area contributed by atoms with Crippen LogP contribution in [0.5, 0.6) is 0 Å². The molecule has 0 bridgehead atoms. The van der Waals surface area contributed by atoms with E-state index in [9.17, 15) is 22.0 Å². The number of hydrogen-bond acceptors (Lipinski definition) is 4. The molecule has 0 amide bonds. The van der Waals surface area contributed by atoms with Gasteiger partial charge in [-0.05, 0) is 18.2 Å². The summed E-state index contributed by atoms with van der Waals surface area (Å²) in [6.45, 7) is 0.171. The number of piperidine rings is 1. The Morgan fingerprint density at radius 2 is 1.62 bits per heavy atom. The Kier molecular flexibility index (Phi) is 3.85. The van der Waals surface area contributed by atoms with E-state index in [-0.39, 0.29) is 25.9 Å². The number of carbonyl (C=O) groups is 1. The number of esters is 1. The fourth-order valence-corrected chi connectivity index (χ4v) is 5.12. The van der Waals surface area contributed by atoms with E-state index >= 15 is 0 Å². The van der Waals surface area contributed by atoms with Crippen molar-refractivity contribution in [3.05, 3.63) is 65.2 Å². The lowest BCUT2D eigenvalue weighted by atomic mass is 9.84. The minimum Gasteiger partial charge on any atom is -0.450 e. The predicted octanol–water partition coefficient (Wildman–Crippen LogP) is 2.82. The molecule has 26 heavy (non-hydrogen) atoms. The Morgan fingerprint density at radius 1 is 1.00 bits per heavy atom. The summed E-state index contributed by atoms with van der Waals surface area (Å²) < 4.78 is 58.9. The van der Waals surface area contributed by atoms with Crippen LogP contribution in [0.2, 0.25) is 0 Å². The lowest BCUT2D eigenvalue weighted by molar-refractivity contribution is -0.0329. The molecule has 2 aromatic rings. The molecule has 1 spiro atoms. The van der Waals surface area contributed by atoms with Gasteiger partial charge in [-0.1, -0.05) is 18.2 Å². The fraction of sp³-hybridized carbons (Fsp3) is 0.278. The number of ether oxygens (including phenoxy) is 1. The zero-order valence-corrected chi connectivity index (χ0v) is 14.4. The van der Waals surface area contributed by atoms with Crippen LogP contribution in [0.3, 0.4) is 0 Å². The molecule has 0 aliphatic carbocycles. The maximum atomic E-state index is 13.4. The predicted molar refractivity (Wildman–Crippen MR) is 87.9 cm³/mol. The lowest BCUT2D eigenvalue weighted by Crippen LogP contribution is -2.45. The third kappa shape index (κ3) is 2.60. The zero-order chi connectivity index (χ0) is 18.5. The van der Waals surface area contributed by atoms with Crippen molar-refractivity contribution in [2.24, 2.45) is 0 Å². The van der Waals surface area contributed by atoms with E-state index < -0.39 is 38.1 Å². The first kappa shape index (κ1) is 17.1. The van der Waals surface area contributed by atoms with E-state index in [0.29, 0.717) is 11.6 Å². The monoisotopic (exact) mass is 379 g/mol. The molecule has 4 rings (SSSR count). The molecule has 0 saturated carbocycles. The summed E-state index contributed by atoms with van der Waals surface area (Å²) in [5, 5.41) is 0. The Balaban J connectivity index is 1.60. The summed E-state index contributed by atoms with van der Waals surface area (Å²) in [5.41, 5.74) is 0.419. The van der Waals surface area contributed by atoms with Crippen LogP contribution in [-0.2, 0) is 20.4 Å². The van der Waals surface area contributed by atoms with Gasteiger partial charge in [0.15, 0.2) is 0 Å². The van der Waals surface area contributed by atoms with Crippen molar-refractivity contribution in [2.45, 2.75) is 23.3 Å². The minimum atomic E-state index is -4.03. The molecule has 2 aromatic carbocycles. The Morgan fingerprint density at radius 3 is 2.27 bits per heavy atom. The fourth-order valence-electron chi connectivity index (χ4n) is 3.63. The second-order valence-electron chi connectivity index (χ2n) is 6.44. The van der Waals surface area contributed by atoms with Gasteiger partial charge in [0.2, 0.25) is 10.0 Å². The molecule has 0 aromatic heterocycles. The van der Waals surface area contributed by atoms with Gasteiger partial charge in [0, 0.05) is 37.6 Å². The molecule has 2 aliphatic heterocycles. The van der Waals surface area contributed by atoms with E-state index in [2.05, 4.69) is 0 Å². The molecule has 136 valence electrons. The SMILES string of the molecule is O=C1OC2(CCN(S(=O)(=O)c3cc(F)cc(F)c3)CC2)c2ccccc21. The summed E-state index contributed by atoms with van der Waals surface area (Å²) in [7, 11) is -4.03. The molecule has 1 saturated heterocycles. The number of sulfonamides is 1. The average molecular weight is 379 g/mol. The summed E-state index contributed by atoms with van der Waals surface area (Å²) in [5.74, 6) is -2.31. The van der Waals surface area contributed by atoms with Crippen LogP contribution in [-0.4, -0.2) is 31.8 Å². The molecular formula is C18H15F2NO4S. The number of carbonyl (C=O) groups excluding carboxylic acids is 1. The zero-order valence-electron chi connectivity index (χ0n) is 13.6. The maximum Gasteiger partial charge on any atom is 0.339 e. The molecule has 0 atom stereocenters. The van der Waals surface area contributed by atoms with Gasteiger partial charge >= 0.3 is 5.97 Å². The van der Waals surface area contributed by atoms with Crippen molar-refractivity contribution in [1.29, 1.82) is 0 Å². The van der Waals surface area contributed by atoms with Crippen molar-refractivity contribution >= 4 is 16.0 Å². The first-order valence-electron chi connectivity index (χ1n) is 8.11. The molecule has 8 heteroatoms. The Hall–Kier alpha value is -2.32. The molecule has 0 unspecified atom stereocenters. The van der Waals surface area contributed by atoms with Crippen LogP contribution in [0.15, 0.2) is 47.4 Å². The molecule has 2 aliphatic rings. The number of hydrogen-bond donors (Lipinski definition) is 0. The van der Waals surface area contributed by atoms with Gasteiger partial charge in [-0.25, -0.2) is 22.0 Å². The van der Waals surface area contributed by atoms with Crippen LogP contribution in [0.1, 0.15) is 28.8 Å². The molecule has 5 nitrogen and oxygen atoms in total. The lowest BCUT2D eigenvalue weighted by Gasteiger charge is -2.37. The first-order chi connectivity index (χ1) is 12.3. The molecule has 2 heterocycles. The quantitative estimate of drug-likeness (QED) is 0.753. The molecule has 0 radical (unpaired) electrons. The Labute approximate surface area is 149 Å². The molecule has 1 fully saturated rings. The normalized spacial score (nSPS) is 19.4. The van der Waals surface area contributed by atoms with Crippen LogP contribution < -0.4 is 0 Å². The van der Waals surface area contributed by atoms with Crippen LogP contribution >= 0.6 is 0 Å². The van der Waals surface area contributed by atoms with Gasteiger partial charge in [-0.15, -0.1) is 0 Å². The van der Waals surface area contributed by atoms with Gasteiger partial charge < -0.3 is 4.74 Å². The molecular weight excluding hydrogens is 364 g/mol. The Bertz CT molecular complexity index is 978. The number of halogens is 2. The highest BCUT2D eigenvalue weighted by Gasteiger charge is 2.48. The van der Waals surface area contributed by atoms with Gasteiger partial charge in [-0.3, -0.25) is 0 Å².